The molecule has 43 heavy (non-hydrogen) atoms. The van der Waals surface area contributed by atoms with Crippen LogP contribution < -0.4 is 42.6 Å². The van der Waals surface area contributed by atoms with E-state index in [-0.39, 0.29) is 0 Å². The predicted molar refractivity (Wildman–Crippen MR) is 158 cm³/mol. The van der Waals surface area contributed by atoms with Gasteiger partial charge in [-0.25, -0.2) is 4.79 Å². The molecule has 0 N–H and O–H groups in total. The van der Waals surface area contributed by atoms with Gasteiger partial charge in [-0.2, -0.15) is 0 Å². The van der Waals surface area contributed by atoms with Crippen molar-refractivity contribution in [3.63, 3.8) is 0 Å². The van der Waals surface area contributed by atoms with Crippen molar-refractivity contribution in [2.45, 2.75) is 18.6 Å². The largest absolute Gasteiger partial charge is 0.496 e. The molecular formula is C32H36O11. The Morgan fingerprint density at radius 3 is 1.70 bits per heavy atom. The molecule has 0 amide bonds. The van der Waals surface area contributed by atoms with Crippen LogP contribution in [0.25, 0.3) is 6.08 Å². The molecule has 1 heterocycles. The Morgan fingerprint density at radius 1 is 0.674 bits per heavy atom. The number of ether oxygens (including phenoxy) is 10. The van der Waals surface area contributed by atoms with Gasteiger partial charge < -0.3 is 47.4 Å². The summed E-state index contributed by atoms with van der Waals surface area (Å²) in [7, 11) is 12.3. The van der Waals surface area contributed by atoms with Crippen LogP contribution in [0.4, 0.5) is 0 Å². The van der Waals surface area contributed by atoms with E-state index in [0.717, 1.165) is 5.56 Å². The zero-order valence-electron chi connectivity index (χ0n) is 25.5. The van der Waals surface area contributed by atoms with Crippen molar-refractivity contribution >= 4 is 12.0 Å². The fourth-order valence-electron chi connectivity index (χ4n) is 4.93. The minimum Gasteiger partial charge on any atom is -0.496 e. The molecule has 0 bridgehead atoms. The number of esters is 1. The minimum atomic E-state index is -0.755. The van der Waals surface area contributed by atoms with E-state index < -0.39 is 18.2 Å². The van der Waals surface area contributed by atoms with Gasteiger partial charge in [-0.1, -0.05) is 0 Å². The molecule has 1 aliphatic rings. The van der Waals surface area contributed by atoms with Crippen molar-refractivity contribution < 1.29 is 52.2 Å². The van der Waals surface area contributed by atoms with Crippen molar-refractivity contribution in [2.75, 3.05) is 56.9 Å². The SMILES string of the molecule is COc1cc(OC)c2c(c1)OC(c1cc(OC)c(OC)c(OC)c1)C(OC(=O)/C=C/c1cc(OC)c(OC)c(OC)c1)C2. The van der Waals surface area contributed by atoms with Crippen molar-refractivity contribution in [2.24, 2.45) is 0 Å². The lowest BCUT2D eigenvalue weighted by Crippen LogP contribution is -2.34. The zero-order chi connectivity index (χ0) is 31.1. The predicted octanol–water partition coefficient (Wildman–Crippen LogP) is 5.06. The number of carbonyl (C=O) groups is 1. The molecule has 0 spiro atoms. The second-order valence-electron chi connectivity index (χ2n) is 9.27. The van der Waals surface area contributed by atoms with Gasteiger partial charge in [0, 0.05) is 35.8 Å². The first-order valence-electron chi connectivity index (χ1n) is 13.2. The van der Waals surface area contributed by atoms with Crippen LogP contribution in [0, 0.1) is 0 Å². The van der Waals surface area contributed by atoms with E-state index in [9.17, 15) is 4.79 Å². The van der Waals surface area contributed by atoms with E-state index in [1.54, 1.807) is 56.7 Å². The summed E-state index contributed by atoms with van der Waals surface area (Å²) in [6.45, 7) is 0. The first-order valence-corrected chi connectivity index (χ1v) is 13.2. The van der Waals surface area contributed by atoms with Crippen LogP contribution in [-0.4, -0.2) is 69.0 Å². The molecular weight excluding hydrogens is 560 g/mol. The molecule has 0 radical (unpaired) electrons. The maximum atomic E-state index is 13.2. The van der Waals surface area contributed by atoms with Gasteiger partial charge in [-0.3, -0.25) is 0 Å². The summed E-state index contributed by atoms with van der Waals surface area (Å²) in [6.07, 6.45) is 1.73. The summed E-state index contributed by atoms with van der Waals surface area (Å²) in [5.41, 5.74) is 2.03. The zero-order valence-corrected chi connectivity index (χ0v) is 25.5. The third-order valence-corrected chi connectivity index (χ3v) is 6.98. The monoisotopic (exact) mass is 596 g/mol. The average Bonchev–Trinajstić information content (AvgIpc) is 3.04. The van der Waals surface area contributed by atoms with Gasteiger partial charge in [0.05, 0.1) is 56.9 Å². The van der Waals surface area contributed by atoms with E-state index in [1.807, 2.05) is 0 Å². The number of rotatable bonds is 12. The Bertz CT molecular complexity index is 1430. The Kier molecular flexibility index (Phi) is 9.97. The smallest absolute Gasteiger partial charge is 0.331 e. The Hall–Kier alpha value is -4.93. The van der Waals surface area contributed by atoms with Gasteiger partial charge >= 0.3 is 5.97 Å². The number of carbonyl (C=O) groups excluding carboxylic acids is 1. The van der Waals surface area contributed by atoms with Crippen molar-refractivity contribution in [3.8, 4) is 51.7 Å². The van der Waals surface area contributed by atoms with Gasteiger partial charge in [0.15, 0.2) is 29.1 Å². The van der Waals surface area contributed by atoms with Gasteiger partial charge in [0.25, 0.3) is 0 Å². The summed E-state index contributed by atoms with van der Waals surface area (Å²) in [4.78, 5) is 13.2. The fraction of sp³-hybridized carbons (Fsp3) is 0.344. The molecule has 0 fully saturated rings. The number of fused-ring (bicyclic) bond motifs is 1. The average molecular weight is 597 g/mol. The minimum absolute atomic E-state index is 0.299. The molecule has 2 unspecified atom stereocenters. The lowest BCUT2D eigenvalue weighted by atomic mass is 9.93. The molecule has 11 nitrogen and oxygen atoms in total. The third-order valence-electron chi connectivity index (χ3n) is 6.98. The normalized spacial score (nSPS) is 15.5. The molecule has 4 rings (SSSR count). The lowest BCUT2D eigenvalue weighted by molar-refractivity contribution is -0.149. The standard InChI is InChI=1S/C32H36O11/c1-34-20-15-22(35-2)21-17-28(42-29(33)10-9-18-11-24(36-3)31(40-7)25(12-18)37-4)30(43-23(21)16-20)19-13-26(38-5)32(41-8)27(14-19)39-6/h9-16,28,30H,17H2,1-8H3/b10-9+. The molecule has 0 aliphatic carbocycles. The van der Waals surface area contributed by atoms with Crippen molar-refractivity contribution in [1.29, 1.82) is 0 Å². The highest BCUT2D eigenvalue weighted by atomic mass is 16.6. The number of hydrogen-bond acceptors (Lipinski definition) is 11. The molecule has 11 heteroatoms. The van der Waals surface area contributed by atoms with Gasteiger partial charge in [-0.15, -0.1) is 0 Å². The molecule has 230 valence electrons. The van der Waals surface area contributed by atoms with Crippen LogP contribution in [0.2, 0.25) is 0 Å². The number of hydrogen-bond donors (Lipinski definition) is 0. The lowest BCUT2D eigenvalue weighted by Gasteiger charge is -2.34. The first-order chi connectivity index (χ1) is 20.8. The van der Waals surface area contributed by atoms with Crippen LogP contribution in [0.1, 0.15) is 22.8 Å². The summed E-state index contributed by atoms with van der Waals surface area (Å²) >= 11 is 0. The van der Waals surface area contributed by atoms with Crippen molar-refractivity contribution in [1.82, 2.24) is 0 Å². The molecule has 2 atom stereocenters. The number of methoxy groups -OCH3 is 8. The van der Waals surface area contributed by atoms with E-state index >= 15 is 0 Å². The maximum absolute atomic E-state index is 13.2. The van der Waals surface area contributed by atoms with E-state index in [0.29, 0.717) is 69.3 Å². The Balaban J connectivity index is 1.72. The summed E-state index contributed by atoms with van der Waals surface area (Å²) < 4.78 is 56.4. The summed E-state index contributed by atoms with van der Waals surface area (Å²) in [6, 6.07) is 10.5. The van der Waals surface area contributed by atoms with Crippen LogP contribution in [0.5, 0.6) is 51.7 Å². The maximum Gasteiger partial charge on any atom is 0.331 e. The quantitative estimate of drug-likeness (QED) is 0.207. The third kappa shape index (κ3) is 6.45. The Morgan fingerprint density at radius 2 is 1.21 bits per heavy atom. The summed E-state index contributed by atoms with van der Waals surface area (Å²) in [5.74, 6) is 3.70. The molecule has 3 aromatic carbocycles. The molecule has 1 aliphatic heterocycles. The second-order valence-corrected chi connectivity index (χ2v) is 9.27. The Labute approximate surface area is 250 Å². The molecule has 0 saturated carbocycles. The van der Waals surface area contributed by atoms with Gasteiger partial charge in [0.2, 0.25) is 11.5 Å². The number of benzene rings is 3. The molecule has 0 aromatic heterocycles. The van der Waals surface area contributed by atoms with Crippen LogP contribution >= 0.6 is 0 Å². The van der Waals surface area contributed by atoms with Gasteiger partial charge in [0.1, 0.15) is 23.4 Å². The highest BCUT2D eigenvalue weighted by molar-refractivity contribution is 5.87. The van der Waals surface area contributed by atoms with Crippen LogP contribution in [0.3, 0.4) is 0 Å². The fourth-order valence-corrected chi connectivity index (χ4v) is 4.93. The van der Waals surface area contributed by atoms with E-state index in [2.05, 4.69) is 0 Å². The highest BCUT2D eigenvalue weighted by Crippen LogP contribution is 2.47. The van der Waals surface area contributed by atoms with Gasteiger partial charge in [-0.05, 0) is 35.9 Å². The van der Waals surface area contributed by atoms with E-state index in [4.69, 9.17) is 47.4 Å². The first kappa shape index (κ1) is 31.0. The topological polar surface area (TPSA) is 109 Å². The van der Waals surface area contributed by atoms with Crippen LogP contribution in [0.15, 0.2) is 42.5 Å². The van der Waals surface area contributed by atoms with Crippen LogP contribution in [-0.2, 0) is 16.0 Å². The highest BCUT2D eigenvalue weighted by Gasteiger charge is 2.37. The summed E-state index contributed by atoms with van der Waals surface area (Å²) in [5, 5.41) is 0. The molecule has 3 aromatic rings. The van der Waals surface area contributed by atoms with E-state index in [1.165, 1.54) is 48.7 Å². The molecule has 0 saturated heterocycles. The van der Waals surface area contributed by atoms with Crippen molar-refractivity contribution in [3.05, 3.63) is 59.2 Å². The second kappa shape index (κ2) is 13.8.